The number of hydrogen-bond donors (Lipinski definition) is 0. The van der Waals surface area contributed by atoms with Crippen LogP contribution in [0.15, 0.2) is 33.3 Å². The van der Waals surface area contributed by atoms with Crippen LogP contribution in [0, 0.1) is 13.8 Å². The monoisotopic (exact) mass is 421 g/mol. The van der Waals surface area contributed by atoms with Crippen LogP contribution >= 0.6 is 0 Å². The molecule has 5 rings (SSSR count). The highest BCUT2D eigenvalue weighted by molar-refractivity contribution is 5.75. The van der Waals surface area contributed by atoms with E-state index < -0.39 is 0 Å². The topological polar surface area (TPSA) is 89.3 Å². The van der Waals surface area contributed by atoms with E-state index in [1.165, 1.54) is 5.52 Å². The van der Waals surface area contributed by atoms with Gasteiger partial charge < -0.3 is 13.6 Å². The smallest absolute Gasteiger partial charge is 0.263 e. The molecule has 1 saturated heterocycles. The Morgan fingerprint density at radius 3 is 2.42 bits per heavy atom. The lowest BCUT2D eigenvalue weighted by atomic mass is 10.2. The van der Waals surface area contributed by atoms with Crippen molar-refractivity contribution in [3.8, 4) is 11.5 Å². The zero-order chi connectivity index (χ0) is 21.4. The van der Waals surface area contributed by atoms with Gasteiger partial charge in [-0.1, -0.05) is 22.4 Å². The Morgan fingerprint density at radius 2 is 1.68 bits per heavy atom. The Morgan fingerprint density at radius 1 is 0.903 bits per heavy atom. The molecule has 0 spiro atoms. The highest BCUT2D eigenvalue weighted by Crippen LogP contribution is 2.25. The fraction of sp³-hybridized carbons (Fsp3) is 0.455. The minimum Gasteiger partial charge on any atom is -0.361 e. The van der Waals surface area contributed by atoms with Crippen LogP contribution < -0.4 is 0 Å². The predicted molar refractivity (Wildman–Crippen MR) is 115 cm³/mol. The molecule has 162 valence electrons. The number of imidazole rings is 1. The molecule has 0 amide bonds. The Kier molecular flexibility index (Phi) is 5.29. The van der Waals surface area contributed by atoms with Crippen molar-refractivity contribution in [1.82, 2.24) is 34.6 Å². The SMILES string of the molecule is Cc1noc(C)c1-c1nc(CN2CCCN(Cc3nc4ccccc4n3C)CC2)no1. The lowest BCUT2D eigenvalue weighted by Crippen LogP contribution is -2.31. The predicted octanol–water partition coefficient (Wildman–Crippen LogP) is 2.94. The number of para-hydroxylation sites is 2. The first-order valence-electron chi connectivity index (χ1n) is 10.7. The van der Waals surface area contributed by atoms with Gasteiger partial charge in [-0.3, -0.25) is 9.80 Å². The first-order chi connectivity index (χ1) is 15.1. The molecule has 4 heterocycles. The van der Waals surface area contributed by atoms with Gasteiger partial charge in [0.15, 0.2) is 5.82 Å². The second kappa shape index (κ2) is 8.24. The average molecular weight is 422 g/mol. The van der Waals surface area contributed by atoms with Crippen LogP contribution in [-0.2, 0) is 20.1 Å². The zero-order valence-electron chi connectivity index (χ0n) is 18.2. The molecule has 31 heavy (non-hydrogen) atoms. The molecule has 9 heteroatoms. The van der Waals surface area contributed by atoms with Crippen LogP contribution in [-0.4, -0.2) is 60.8 Å². The number of benzene rings is 1. The molecule has 1 aliphatic rings. The summed E-state index contributed by atoms with van der Waals surface area (Å²) in [4.78, 5) is 14.3. The first kappa shape index (κ1) is 19.9. The van der Waals surface area contributed by atoms with E-state index in [4.69, 9.17) is 14.0 Å². The van der Waals surface area contributed by atoms with E-state index in [1.807, 2.05) is 19.9 Å². The van der Waals surface area contributed by atoms with Crippen molar-refractivity contribution in [2.75, 3.05) is 26.2 Å². The number of aromatic nitrogens is 5. The number of aryl methyl sites for hydroxylation is 3. The molecule has 0 atom stereocenters. The van der Waals surface area contributed by atoms with Gasteiger partial charge >= 0.3 is 0 Å². The number of nitrogens with zero attached hydrogens (tertiary/aromatic N) is 7. The highest BCUT2D eigenvalue weighted by atomic mass is 16.5. The number of fused-ring (bicyclic) bond motifs is 1. The third kappa shape index (κ3) is 3.98. The molecule has 0 N–H and O–H groups in total. The van der Waals surface area contributed by atoms with Gasteiger partial charge in [0.05, 0.1) is 29.8 Å². The zero-order valence-corrected chi connectivity index (χ0v) is 18.2. The van der Waals surface area contributed by atoms with Gasteiger partial charge in [-0.15, -0.1) is 0 Å². The normalized spacial score (nSPS) is 16.2. The van der Waals surface area contributed by atoms with Gasteiger partial charge in [0, 0.05) is 20.1 Å². The van der Waals surface area contributed by atoms with Crippen molar-refractivity contribution >= 4 is 11.0 Å². The Hall–Kier alpha value is -3.04. The largest absolute Gasteiger partial charge is 0.361 e. The van der Waals surface area contributed by atoms with Crippen molar-refractivity contribution in [2.45, 2.75) is 33.4 Å². The van der Waals surface area contributed by atoms with Crippen LogP contribution in [0.4, 0.5) is 0 Å². The van der Waals surface area contributed by atoms with Crippen molar-refractivity contribution < 1.29 is 9.05 Å². The molecule has 1 aromatic carbocycles. The summed E-state index contributed by atoms with van der Waals surface area (Å²) >= 11 is 0. The average Bonchev–Trinajstić information content (AvgIpc) is 3.38. The molecule has 0 aliphatic carbocycles. The quantitative estimate of drug-likeness (QED) is 0.486. The van der Waals surface area contributed by atoms with E-state index in [9.17, 15) is 0 Å². The van der Waals surface area contributed by atoms with Crippen molar-refractivity contribution in [2.24, 2.45) is 7.05 Å². The van der Waals surface area contributed by atoms with Gasteiger partial charge in [0.25, 0.3) is 5.89 Å². The van der Waals surface area contributed by atoms with Crippen molar-refractivity contribution in [1.29, 1.82) is 0 Å². The molecule has 1 fully saturated rings. The maximum Gasteiger partial charge on any atom is 0.263 e. The van der Waals surface area contributed by atoms with Crippen molar-refractivity contribution in [3.05, 3.63) is 47.4 Å². The fourth-order valence-corrected chi connectivity index (χ4v) is 4.29. The lowest BCUT2D eigenvalue weighted by Gasteiger charge is -2.20. The minimum atomic E-state index is 0.476. The van der Waals surface area contributed by atoms with E-state index in [-0.39, 0.29) is 0 Å². The summed E-state index contributed by atoms with van der Waals surface area (Å²) in [7, 11) is 2.10. The second-order valence-corrected chi connectivity index (χ2v) is 8.20. The van der Waals surface area contributed by atoms with Crippen LogP contribution in [0.5, 0.6) is 0 Å². The van der Waals surface area contributed by atoms with E-state index >= 15 is 0 Å². The van der Waals surface area contributed by atoms with E-state index in [0.29, 0.717) is 24.0 Å². The van der Waals surface area contributed by atoms with E-state index in [1.54, 1.807) is 0 Å². The van der Waals surface area contributed by atoms with Crippen LogP contribution in [0.2, 0.25) is 0 Å². The molecule has 0 saturated carbocycles. The molecule has 9 nitrogen and oxygen atoms in total. The molecule has 1 aliphatic heterocycles. The summed E-state index contributed by atoms with van der Waals surface area (Å²) in [5.74, 6) is 2.97. The second-order valence-electron chi connectivity index (χ2n) is 8.20. The molecular weight excluding hydrogens is 394 g/mol. The van der Waals surface area contributed by atoms with Gasteiger partial charge in [0.1, 0.15) is 17.1 Å². The molecule has 4 aromatic rings. The standard InChI is InChI=1S/C22H27N7O2/c1-15-21(16(2)30-25-15)22-24-19(26-31-22)13-28-9-6-10-29(12-11-28)14-20-23-17-7-4-5-8-18(17)27(20)3/h4-5,7-8H,6,9-14H2,1-3H3. The summed E-state index contributed by atoms with van der Waals surface area (Å²) in [6, 6.07) is 8.30. The van der Waals surface area contributed by atoms with Crippen LogP contribution in [0.3, 0.4) is 0 Å². The fourth-order valence-electron chi connectivity index (χ4n) is 4.29. The van der Waals surface area contributed by atoms with Crippen molar-refractivity contribution in [3.63, 3.8) is 0 Å². The van der Waals surface area contributed by atoms with Gasteiger partial charge in [0.2, 0.25) is 0 Å². The van der Waals surface area contributed by atoms with Gasteiger partial charge in [-0.2, -0.15) is 4.98 Å². The molecule has 3 aromatic heterocycles. The Labute approximate surface area is 180 Å². The maximum atomic E-state index is 5.48. The number of rotatable bonds is 5. The number of hydrogen-bond acceptors (Lipinski definition) is 8. The third-order valence-electron chi connectivity index (χ3n) is 6.01. The van der Waals surface area contributed by atoms with Crippen LogP contribution in [0.25, 0.3) is 22.5 Å². The summed E-state index contributed by atoms with van der Waals surface area (Å²) in [6.07, 6.45) is 1.10. The Bertz CT molecular complexity index is 1170. The van der Waals surface area contributed by atoms with Gasteiger partial charge in [-0.25, -0.2) is 4.98 Å². The van der Waals surface area contributed by atoms with Crippen LogP contribution in [0.1, 0.15) is 29.5 Å². The summed E-state index contributed by atoms with van der Waals surface area (Å²) < 4.78 is 12.9. The summed E-state index contributed by atoms with van der Waals surface area (Å²) in [6.45, 7) is 9.27. The first-order valence-corrected chi connectivity index (χ1v) is 10.7. The van der Waals surface area contributed by atoms with Gasteiger partial charge in [-0.05, 0) is 45.5 Å². The molecular formula is C22H27N7O2. The molecule has 0 radical (unpaired) electrons. The Balaban J connectivity index is 1.22. The van der Waals surface area contributed by atoms with E-state index in [0.717, 1.165) is 61.7 Å². The molecule has 0 bridgehead atoms. The van der Waals surface area contributed by atoms with E-state index in [2.05, 4.69) is 54.9 Å². The minimum absolute atomic E-state index is 0.476. The highest BCUT2D eigenvalue weighted by Gasteiger charge is 2.21. The third-order valence-corrected chi connectivity index (χ3v) is 6.01. The summed E-state index contributed by atoms with van der Waals surface area (Å²) in [5.41, 5.74) is 3.80. The maximum absolute atomic E-state index is 5.48. The molecule has 0 unspecified atom stereocenters. The lowest BCUT2D eigenvalue weighted by molar-refractivity contribution is 0.237. The summed E-state index contributed by atoms with van der Waals surface area (Å²) in [5, 5.41) is 8.14.